The first kappa shape index (κ1) is 16.7. The lowest BCUT2D eigenvalue weighted by molar-refractivity contribution is -0.394. The smallest absolute Gasteiger partial charge is 0.346 e. The monoisotopic (exact) mass is 330 g/mol. The van der Waals surface area contributed by atoms with Crippen LogP contribution in [0.4, 0.5) is 11.4 Å². The van der Waals surface area contributed by atoms with Crippen molar-refractivity contribution in [3.63, 3.8) is 0 Å². The number of nitro benzene ring substituents is 2. The maximum Gasteiger partial charge on any atom is 0.346 e. The summed E-state index contributed by atoms with van der Waals surface area (Å²) < 4.78 is 4.65. The zero-order chi connectivity index (χ0) is 17.9. The molecule has 0 aliphatic rings. The van der Waals surface area contributed by atoms with Crippen molar-refractivity contribution >= 4 is 23.3 Å². The SMILES string of the molecule is Cc1c(C(=O)OC(=O)c2ccccc2)cc([N+](=O)[O-])cc1[N+](=O)[O-]. The Hall–Kier alpha value is -3.62. The normalized spacial score (nSPS) is 10.0. The van der Waals surface area contributed by atoms with E-state index < -0.39 is 38.7 Å². The van der Waals surface area contributed by atoms with Crippen LogP contribution in [0.5, 0.6) is 0 Å². The van der Waals surface area contributed by atoms with Crippen LogP contribution in [-0.4, -0.2) is 21.8 Å². The van der Waals surface area contributed by atoms with Gasteiger partial charge in [-0.1, -0.05) is 18.2 Å². The third kappa shape index (κ3) is 3.40. The van der Waals surface area contributed by atoms with E-state index in [2.05, 4.69) is 4.74 Å². The van der Waals surface area contributed by atoms with Gasteiger partial charge in [-0.25, -0.2) is 9.59 Å². The number of non-ortho nitro benzene ring substituents is 1. The molecule has 0 spiro atoms. The number of hydrogen-bond acceptors (Lipinski definition) is 7. The number of esters is 2. The van der Waals surface area contributed by atoms with Crippen molar-refractivity contribution in [2.24, 2.45) is 0 Å². The van der Waals surface area contributed by atoms with Gasteiger partial charge in [-0.15, -0.1) is 0 Å². The van der Waals surface area contributed by atoms with Crippen molar-refractivity contribution in [3.8, 4) is 0 Å². The quantitative estimate of drug-likeness (QED) is 0.364. The highest BCUT2D eigenvalue weighted by Crippen LogP contribution is 2.28. The van der Waals surface area contributed by atoms with E-state index in [1.165, 1.54) is 19.1 Å². The van der Waals surface area contributed by atoms with Crippen molar-refractivity contribution in [2.75, 3.05) is 0 Å². The summed E-state index contributed by atoms with van der Waals surface area (Å²) in [5.41, 5.74) is -1.70. The minimum Gasteiger partial charge on any atom is -0.386 e. The Morgan fingerprint density at radius 1 is 0.958 bits per heavy atom. The largest absolute Gasteiger partial charge is 0.386 e. The van der Waals surface area contributed by atoms with Gasteiger partial charge in [0.05, 0.1) is 27.0 Å². The molecule has 2 aromatic rings. The average molecular weight is 330 g/mol. The lowest BCUT2D eigenvalue weighted by Crippen LogP contribution is -2.15. The predicted octanol–water partition coefficient (Wildman–Crippen LogP) is 2.81. The maximum absolute atomic E-state index is 12.1. The second-order valence-electron chi connectivity index (χ2n) is 4.69. The van der Waals surface area contributed by atoms with Crippen molar-refractivity contribution in [1.82, 2.24) is 0 Å². The molecule has 0 bridgehead atoms. The molecule has 0 aromatic heterocycles. The molecule has 0 heterocycles. The Morgan fingerprint density at radius 3 is 2.12 bits per heavy atom. The lowest BCUT2D eigenvalue weighted by Gasteiger charge is -2.06. The summed E-state index contributed by atoms with van der Waals surface area (Å²) in [4.78, 5) is 44.1. The lowest BCUT2D eigenvalue weighted by atomic mass is 10.1. The van der Waals surface area contributed by atoms with Gasteiger partial charge in [0.25, 0.3) is 11.4 Å². The standard InChI is InChI=1S/C15H10N2O7/c1-9-12(7-11(16(20)21)8-13(9)17(22)23)15(19)24-14(18)10-5-3-2-4-6-10/h2-8H,1H3. The Kier molecular flexibility index (Phi) is 4.64. The third-order valence-electron chi connectivity index (χ3n) is 3.19. The van der Waals surface area contributed by atoms with Gasteiger partial charge in [0, 0.05) is 11.6 Å². The highest BCUT2D eigenvalue weighted by molar-refractivity contribution is 6.04. The Bertz CT molecular complexity index is 846. The number of nitrogens with zero attached hydrogens (tertiary/aromatic N) is 2. The number of carbonyl (C=O) groups excluding carboxylic acids is 2. The van der Waals surface area contributed by atoms with Crippen LogP contribution in [-0.2, 0) is 4.74 Å². The molecule has 0 atom stereocenters. The number of carbonyl (C=O) groups is 2. The van der Waals surface area contributed by atoms with Gasteiger partial charge in [-0.05, 0) is 19.1 Å². The van der Waals surface area contributed by atoms with E-state index in [1.807, 2.05) is 0 Å². The highest BCUT2D eigenvalue weighted by atomic mass is 16.6. The fourth-order valence-corrected chi connectivity index (χ4v) is 1.96. The summed E-state index contributed by atoms with van der Waals surface area (Å²) >= 11 is 0. The summed E-state index contributed by atoms with van der Waals surface area (Å²) in [6.07, 6.45) is 0. The van der Waals surface area contributed by atoms with Crippen LogP contribution in [0.3, 0.4) is 0 Å². The van der Waals surface area contributed by atoms with E-state index in [-0.39, 0.29) is 11.1 Å². The molecule has 0 amide bonds. The predicted molar refractivity (Wildman–Crippen MR) is 80.7 cm³/mol. The van der Waals surface area contributed by atoms with E-state index in [0.717, 1.165) is 12.1 Å². The fraction of sp³-hybridized carbons (Fsp3) is 0.0667. The van der Waals surface area contributed by atoms with E-state index >= 15 is 0 Å². The molecule has 24 heavy (non-hydrogen) atoms. The molecule has 0 N–H and O–H groups in total. The van der Waals surface area contributed by atoms with E-state index in [4.69, 9.17) is 0 Å². The molecule has 9 nitrogen and oxygen atoms in total. The van der Waals surface area contributed by atoms with Gasteiger partial charge >= 0.3 is 11.9 Å². The molecule has 122 valence electrons. The van der Waals surface area contributed by atoms with E-state index in [0.29, 0.717) is 0 Å². The summed E-state index contributed by atoms with van der Waals surface area (Å²) in [5.74, 6) is -2.16. The minimum absolute atomic E-state index is 0.100. The topological polar surface area (TPSA) is 130 Å². The van der Waals surface area contributed by atoms with Crippen molar-refractivity contribution in [3.05, 3.63) is 79.4 Å². The van der Waals surface area contributed by atoms with Crippen LogP contribution in [0.25, 0.3) is 0 Å². The summed E-state index contributed by atoms with van der Waals surface area (Å²) in [7, 11) is 0. The number of rotatable bonds is 4. The molecule has 0 unspecified atom stereocenters. The van der Waals surface area contributed by atoms with Gasteiger partial charge in [-0.2, -0.15) is 0 Å². The number of hydrogen-bond donors (Lipinski definition) is 0. The Morgan fingerprint density at radius 2 is 1.58 bits per heavy atom. The Labute approximate surface area is 134 Å². The van der Waals surface area contributed by atoms with Crippen molar-refractivity contribution < 1.29 is 24.2 Å². The molecular weight excluding hydrogens is 320 g/mol. The van der Waals surface area contributed by atoms with Crippen molar-refractivity contribution in [2.45, 2.75) is 6.92 Å². The third-order valence-corrected chi connectivity index (χ3v) is 3.19. The molecule has 0 fully saturated rings. The molecule has 0 saturated heterocycles. The second-order valence-corrected chi connectivity index (χ2v) is 4.69. The summed E-state index contributed by atoms with van der Waals surface area (Å²) in [5, 5.41) is 21.8. The maximum atomic E-state index is 12.1. The van der Waals surface area contributed by atoms with Crippen LogP contribution >= 0.6 is 0 Å². The van der Waals surface area contributed by atoms with Crippen molar-refractivity contribution in [1.29, 1.82) is 0 Å². The fourth-order valence-electron chi connectivity index (χ4n) is 1.96. The molecule has 2 rings (SSSR count). The van der Waals surface area contributed by atoms with Crippen LogP contribution < -0.4 is 0 Å². The van der Waals surface area contributed by atoms with Crippen LogP contribution in [0.1, 0.15) is 26.3 Å². The minimum atomic E-state index is -1.20. The van der Waals surface area contributed by atoms with Gasteiger partial charge in [0.2, 0.25) is 0 Å². The molecule has 0 saturated carbocycles. The first-order valence-electron chi connectivity index (χ1n) is 6.56. The molecule has 0 aliphatic heterocycles. The summed E-state index contributed by atoms with van der Waals surface area (Å²) in [6.45, 7) is 1.24. The zero-order valence-electron chi connectivity index (χ0n) is 12.3. The summed E-state index contributed by atoms with van der Waals surface area (Å²) in [6, 6.07) is 9.19. The molecule has 9 heteroatoms. The van der Waals surface area contributed by atoms with E-state index in [1.54, 1.807) is 18.2 Å². The number of benzene rings is 2. The van der Waals surface area contributed by atoms with Crippen LogP contribution in [0, 0.1) is 27.2 Å². The number of ether oxygens (including phenoxy) is 1. The molecule has 2 aromatic carbocycles. The second kappa shape index (κ2) is 6.65. The van der Waals surface area contributed by atoms with Gasteiger partial charge < -0.3 is 4.74 Å². The highest BCUT2D eigenvalue weighted by Gasteiger charge is 2.26. The van der Waals surface area contributed by atoms with Gasteiger partial charge in [-0.3, -0.25) is 20.2 Å². The molecular formula is C15H10N2O7. The first-order valence-corrected chi connectivity index (χ1v) is 6.56. The first-order chi connectivity index (χ1) is 11.3. The average Bonchev–Trinajstić information content (AvgIpc) is 2.55. The van der Waals surface area contributed by atoms with Gasteiger partial charge in [0.15, 0.2) is 0 Å². The zero-order valence-corrected chi connectivity index (χ0v) is 12.3. The number of nitro groups is 2. The van der Waals surface area contributed by atoms with Crippen LogP contribution in [0.15, 0.2) is 42.5 Å². The van der Waals surface area contributed by atoms with Crippen LogP contribution in [0.2, 0.25) is 0 Å². The Balaban J connectivity index is 2.40. The molecule has 0 aliphatic carbocycles. The van der Waals surface area contributed by atoms with Gasteiger partial charge in [0.1, 0.15) is 0 Å². The van der Waals surface area contributed by atoms with E-state index in [9.17, 15) is 29.8 Å². The molecule has 0 radical (unpaired) electrons.